The summed E-state index contributed by atoms with van der Waals surface area (Å²) < 4.78 is 28.5. The van der Waals surface area contributed by atoms with Crippen LogP contribution in [0.5, 0.6) is 0 Å². The Morgan fingerprint density at radius 1 is 1.17 bits per heavy atom. The molecule has 10 heteroatoms. The lowest BCUT2D eigenvalue weighted by molar-refractivity contribution is -0.00860. The zero-order valence-corrected chi connectivity index (χ0v) is 20.4. The van der Waals surface area contributed by atoms with Crippen molar-refractivity contribution in [3.05, 3.63) is 36.3 Å². The SMILES string of the molecule is CC(C)c1cnc(N2CC(F)C2C)c2cnc(Nc3ccnc(N4CCC(O)C(C)(F)C4)n3)cc12. The molecule has 5 heterocycles. The summed E-state index contributed by atoms with van der Waals surface area (Å²) in [5.74, 6) is 2.52. The highest BCUT2D eigenvalue weighted by atomic mass is 19.1. The molecule has 0 spiro atoms. The van der Waals surface area contributed by atoms with Crippen LogP contribution >= 0.6 is 0 Å². The molecule has 2 saturated heterocycles. The summed E-state index contributed by atoms with van der Waals surface area (Å²) in [7, 11) is 0. The maximum Gasteiger partial charge on any atom is 0.227 e. The second-order valence-electron chi connectivity index (χ2n) is 10.1. The molecular weight excluding hydrogens is 452 g/mol. The molecule has 8 nitrogen and oxygen atoms in total. The quantitative estimate of drug-likeness (QED) is 0.560. The van der Waals surface area contributed by atoms with E-state index >= 15 is 0 Å². The van der Waals surface area contributed by atoms with Gasteiger partial charge >= 0.3 is 0 Å². The first-order chi connectivity index (χ1) is 16.6. The molecule has 0 radical (unpaired) electrons. The Balaban J connectivity index is 1.44. The van der Waals surface area contributed by atoms with Crippen LogP contribution in [0.4, 0.5) is 32.2 Å². The van der Waals surface area contributed by atoms with E-state index in [0.717, 1.165) is 22.2 Å². The van der Waals surface area contributed by atoms with Gasteiger partial charge in [-0.1, -0.05) is 13.8 Å². The van der Waals surface area contributed by atoms with Crippen LogP contribution in [-0.4, -0.2) is 68.7 Å². The second-order valence-corrected chi connectivity index (χ2v) is 10.1. The second kappa shape index (κ2) is 8.82. The first-order valence-corrected chi connectivity index (χ1v) is 12.1. The van der Waals surface area contributed by atoms with Gasteiger partial charge in [0.05, 0.1) is 25.2 Å². The monoisotopic (exact) mass is 483 g/mol. The molecule has 0 aliphatic carbocycles. The van der Waals surface area contributed by atoms with Gasteiger partial charge in [0.1, 0.15) is 23.6 Å². The molecule has 3 aromatic rings. The van der Waals surface area contributed by atoms with Crippen LogP contribution in [0.3, 0.4) is 0 Å². The molecular formula is C25H31F2N7O. The molecule has 3 aromatic heterocycles. The lowest BCUT2D eigenvalue weighted by atomic mass is 9.94. The molecule has 0 amide bonds. The number of aromatic nitrogens is 4. The highest BCUT2D eigenvalue weighted by Crippen LogP contribution is 2.36. The molecule has 4 atom stereocenters. The molecule has 2 N–H and O–H groups in total. The summed E-state index contributed by atoms with van der Waals surface area (Å²) in [4.78, 5) is 21.8. The topological polar surface area (TPSA) is 90.3 Å². The molecule has 2 aliphatic rings. The molecule has 5 rings (SSSR count). The molecule has 35 heavy (non-hydrogen) atoms. The molecule has 2 fully saturated rings. The van der Waals surface area contributed by atoms with E-state index in [0.29, 0.717) is 37.1 Å². The van der Waals surface area contributed by atoms with Crippen LogP contribution < -0.4 is 15.1 Å². The number of nitrogens with one attached hydrogen (secondary N) is 1. The van der Waals surface area contributed by atoms with Crippen molar-refractivity contribution in [2.45, 2.75) is 64.0 Å². The lowest BCUT2D eigenvalue weighted by Gasteiger charge is -2.43. The number of hydrogen-bond donors (Lipinski definition) is 2. The fourth-order valence-corrected chi connectivity index (χ4v) is 4.75. The third-order valence-electron chi connectivity index (χ3n) is 7.11. The van der Waals surface area contributed by atoms with Crippen molar-refractivity contribution in [2.75, 3.05) is 34.8 Å². The van der Waals surface area contributed by atoms with E-state index < -0.39 is 17.9 Å². The van der Waals surface area contributed by atoms with Gasteiger partial charge in [0.25, 0.3) is 0 Å². The zero-order chi connectivity index (χ0) is 24.9. The van der Waals surface area contributed by atoms with E-state index in [2.05, 4.69) is 39.1 Å². The van der Waals surface area contributed by atoms with Gasteiger partial charge in [-0.25, -0.2) is 23.7 Å². The number of rotatable bonds is 5. The number of anilines is 4. The van der Waals surface area contributed by atoms with Crippen LogP contribution in [-0.2, 0) is 0 Å². The van der Waals surface area contributed by atoms with Gasteiger partial charge in [-0.05, 0) is 49.3 Å². The van der Waals surface area contributed by atoms with Crippen LogP contribution in [0.2, 0.25) is 0 Å². The van der Waals surface area contributed by atoms with Gasteiger partial charge in [0.15, 0.2) is 5.67 Å². The van der Waals surface area contributed by atoms with Crippen molar-refractivity contribution < 1.29 is 13.9 Å². The van der Waals surface area contributed by atoms with Crippen LogP contribution in [0, 0.1) is 0 Å². The summed E-state index contributed by atoms with van der Waals surface area (Å²) in [5.41, 5.74) is -0.642. The van der Waals surface area contributed by atoms with Crippen molar-refractivity contribution >= 4 is 34.2 Å². The number of piperidine rings is 1. The molecule has 0 bridgehead atoms. The van der Waals surface area contributed by atoms with Crippen LogP contribution in [0.15, 0.2) is 30.7 Å². The third kappa shape index (κ3) is 4.35. The largest absolute Gasteiger partial charge is 0.390 e. The first-order valence-electron chi connectivity index (χ1n) is 12.1. The highest BCUT2D eigenvalue weighted by molar-refractivity contribution is 5.96. The van der Waals surface area contributed by atoms with E-state index in [9.17, 15) is 13.9 Å². The summed E-state index contributed by atoms with van der Waals surface area (Å²) in [5, 5.41) is 15.0. The maximum absolute atomic E-state index is 14.7. The molecule has 2 aliphatic heterocycles. The van der Waals surface area contributed by atoms with Gasteiger partial charge in [-0.2, -0.15) is 4.98 Å². The highest BCUT2D eigenvalue weighted by Gasteiger charge is 2.40. The van der Waals surface area contributed by atoms with E-state index in [1.807, 2.05) is 24.1 Å². The van der Waals surface area contributed by atoms with E-state index in [1.54, 1.807) is 23.4 Å². The Labute approximate surface area is 203 Å². The minimum Gasteiger partial charge on any atom is -0.390 e. The number of nitrogens with zero attached hydrogens (tertiary/aromatic N) is 6. The number of alkyl halides is 2. The number of halogens is 2. The van der Waals surface area contributed by atoms with Gasteiger partial charge in [-0.3, -0.25) is 0 Å². The normalized spacial score (nSPS) is 26.8. The summed E-state index contributed by atoms with van der Waals surface area (Å²) in [6.45, 7) is 8.31. The number of aliphatic hydroxyl groups is 1. The fraction of sp³-hybridized carbons (Fsp3) is 0.520. The van der Waals surface area contributed by atoms with Crippen molar-refractivity contribution in [3.63, 3.8) is 0 Å². The molecule has 0 saturated carbocycles. The molecule has 4 unspecified atom stereocenters. The van der Waals surface area contributed by atoms with E-state index in [4.69, 9.17) is 0 Å². The first kappa shape index (κ1) is 23.6. The Morgan fingerprint density at radius 2 is 1.97 bits per heavy atom. The Hall–Kier alpha value is -3.14. The minimum atomic E-state index is -1.72. The predicted octanol–water partition coefficient (Wildman–Crippen LogP) is 4.13. The average Bonchev–Trinajstić information content (AvgIpc) is 2.83. The average molecular weight is 484 g/mol. The minimum absolute atomic E-state index is 0.0219. The van der Waals surface area contributed by atoms with Crippen molar-refractivity contribution in [2.24, 2.45) is 0 Å². The number of hydrogen-bond acceptors (Lipinski definition) is 8. The smallest absolute Gasteiger partial charge is 0.227 e. The third-order valence-corrected chi connectivity index (χ3v) is 7.11. The van der Waals surface area contributed by atoms with Gasteiger partial charge in [0, 0.05) is 30.5 Å². The number of fused-ring (bicyclic) bond motifs is 1. The number of aliphatic hydroxyl groups excluding tert-OH is 1. The molecule has 0 aromatic carbocycles. The van der Waals surface area contributed by atoms with Crippen molar-refractivity contribution in [3.8, 4) is 0 Å². The fourth-order valence-electron chi connectivity index (χ4n) is 4.75. The van der Waals surface area contributed by atoms with E-state index in [1.165, 1.54) is 6.92 Å². The number of pyridine rings is 2. The standard InChI is InChI=1S/C25H31F2N7O/c1-14(2)17-10-30-23(34-12-19(26)15(34)3)18-11-29-22(9-16(17)18)31-21-5-7-28-24(32-21)33-8-6-20(35)25(4,27)13-33/h5,7,9-11,14-15,19-20,35H,6,8,12-13H2,1-4H3,(H,28,29,31,32). The maximum atomic E-state index is 14.7. The van der Waals surface area contributed by atoms with Crippen molar-refractivity contribution in [1.29, 1.82) is 0 Å². The predicted molar refractivity (Wildman–Crippen MR) is 133 cm³/mol. The molecule has 186 valence electrons. The van der Waals surface area contributed by atoms with Crippen molar-refractivity contribution in [1.82, 2.24) is 19.9 Å². The lowest BCUT2D eigenvalue weighted by Crippen LogP contribution is -2.57. The zero-order valence-electron chi connectivity index (χ0n) is 20.4. The Bertz CT molecular complexity index is 1240. The Morgan fingerprint density at radius 3 is 2.66 bits per heavy atom. The summed E-state index contributed by atoms with van der Waals surface area (Å²) in [6.07, 6.45) is 3.72. The van der Waals surface area contributed by atoms with Gasteiger partial charge in [-0.15, -0.1) is 0 Å². The van der Waals surface area contributed by atoms with Crippen LogP contribution in [0.1, 0.15) is 45.6 Å². The van der Waals surface area contributed by atoms with Crippen LogP contribution in [0.25, 0.3) is 10.8 Å². The van der Waals surface area contributed by atoms with Gasteiger partial charge < -0.3 is 20.2 Å². The van der Waals surface area contributed by atoms with Gasteiger partial charge in [0.2, 0.25) is 5.95 Å². The summed E-state index contributed by atoms with van der Waals surface area (Å²) in [6, 6.07) is 3.48. The Kier molecular flexibility index (Phi) is 5.94. The summed E-state index contributed by atoms with van der Waals surface area (Å²) >= 11 is 0. The van der Waals surface area contributed by atoms with E-state index in [-0.39, 0.29) is 18.5 Å².